The number of rotatable bonds is 4. The Morgan fingerprint density at radius 1 is 1.43 bits per heavy atom. The second-order valence-corrected chi connectivity index (χ2v) is 4.91. The second kappa shape index (κ2) is 6.68. The second-order valence-electron chi connectivity index (χ2n) is 2.41. The Bertz CT molecular complexity index is 311. The summed E-state index contributed by atoms with van der Waals surface area (Å²) in [5.74, 6) is 0.825. The summed E-state index contributed by atoms with van der Waals surface area (Å²) in [4.78, 5) is 15.2. The lowest BCUT2D eigenvalue weighted by Crippen LogP contribution is -1.93. The van der Waals surface area contributed by atoms with Crippen LogP contribution in [-0.4, -0.2) is 17.2 Å². The van der Waals surface area contributed by atoms with E-state index in [-0.39, 0.29) is 5.91 Å². The smallest absolute Gasteiger partial charge is 0.267 e. The molecule has 0 N–H and O–H groups in total. The highest BCUT2D eigenvalue weighted by Gasteiger charge is 1.99. The average molecular weight is 225 g/mol. The van der Waals surface area contributed by atoms with Gasteiger partial charge in [0.2, 0.25) is 0 Å². The van der Waals surface area contributed by atoms with E-state index in [9.17, 15) is 4.79 Å². The third-order valence-corrected chi connectivity index (χ3v) is 3.36. The molecule has 0 aliphatic carbocycles. The Morgan fingerprint density at radius 2 is 2.14 bits per heavy atom. The summed E-state index contributed by atoms with van der Waals surface area (Å²) in [6.45, 7) is 2.06. The quantitative estimate of drug-likeness (QED) is 0.341. The predicted molar refractivity (Wildman–Crippen MR) is 65.0 cm³/mol. The maximum absolute atomic E-state index is 11.4. The summed E-state index contributed by atoms with van der Waals surface area (Å²) in [5.41, 5.74) is 2.22. The minimum Gasteiger partial charge on any atom is -0.267 e. The molecule has 0 aromatic heterocycles. The minimum absolute atomic E-state index is 0.185. The first-order chi connectivity index (χ1) is 6.84. The van der Waals surface area contributed by atoms with E-state index in [1.807, 2.05) is 18.2 Å². The Labute approximate surface area is 91.6 Å². The Morgan fingerprint density at radius 3 is 2.79 bits per heavy atom. The fraction of sp³-hybridized carbons (Fsp3) is 0.200. The first kappa shape index (κ1) is 11.3. The standard InChI is InChI=1S/C10H11NOS2/c1-2-13-14-8-11-10(12)9-6-4-3-5-7-9/h3-8H,2H2,1H3. The molecule has 0 saturated carbocycles. The van der Waals surface area contributed by atoms with Gasteiger partial charge in [-0.1, -0.05) is 35.9 Å². The molecule has 74 valence electrons. The number of carbonyl (C=O) groups is 1. The maximum Gasteiger partial charge on any atom is 0.277 e. The zero-order valence-corrected chi connectivity index (χ0v) is 9.48. The summed E-state index contributed by atoms with van der Waals surface area (Å²) in [7, 11) is 3.14. The molecule has 0 radical (unpaired) electrons. The van der Waals surface area contributed by atoms with E-state index in [0.29, 0.717) is 5.56 Å². The zero-order chi connectivity index (χ0) is 10.2. The summed E-state index contributed by atoms with van der Waals surface area (Å²) in [6.07, 6.45) is 0. The van der Waals surface area contributed by atoms with Crippen LogP contribution in [0.3, 0.4) is 0 Å². The number of hydrogen-bond donors (Lipinski definition) is 0. The number of amides is 1. The number of aliphatic imine (C=N–C) groups is 1. The van der Waals surface area contributed by atoms with Crippen LogP contribution < -0.4 is 0 Å². The van der Waals surface area contributed by atoms with Gasteiger partial charge in [-0.25, -0.2) is 4.99 Å². The fourth-order valence-electron chi connectivity index (χ4n) is 0.823. The summed E-state index contributed by atoms with van der Waals surface area (Å²) in [5, 5.41) is 0. The summed E-state index contributed by atoms with van der Waals surface area (Å²) >= 11 is 0. The third-order valence-electron chi connectivity index (χ3n) is 1.42. The van der Waals surface area contributed by atoms with Crippen LogP contribution in [0.5, 0.6) is 0 Å². The van der Waals surface area contributed by atoms with Gasteiger partial charge < -0.3 is 0 Å². The number of hydrogen-bond acceptors (Lipinski definition) is 3. The number of nitrogens with zero attached hydrogens (tertiary/aromatic N) is 1. The molecular weight excluding hydrogens is 214 g/mol. The van der Waals surface area contributed by atoms with Crippen LogP contribution in [-0.2, 0) is 0 Å². The van der Waals surface area contributed by atoms with Gasteiger partial charge in [0.15, 0.2) is 0 Å². The van der Waals surface area contributed by atoms with E-state index < -0.39 is 0 Å². The molecule has 0 bridgehead atoms. The van der Waals surface area contributed by atoms with Crippen molar-refractivity contribution in [3.05, 3.63) is 35.9 Å². The van der Waals surface area contributed by atoms with E-state index in [1.54, 1.807) is 28.5 Å². The van der Waals surface area contributed by atoms with Gasteiger partial charge in [-0.05, 0) is 22.9 Å². The van der Waals surface area contributed by atoms with Gasteiger partial charge >= 0.3 is 0 Å². The average Bonchev–Trinajstić information content (AvgIpc) is 2.25. The maximum atomic E-state index is 11.4. The molecule has 0 aliphatic rings. The van der Waals surface area contributed by atoms with Crippen LogP contribution in [0.1, 0.15) is 17.3 Å². The van der Waals surface area contributed by atoms with Gasteiger partial charge in [-0.3, -0.25) is 4.79 Å². The van der Waals surface area contributed by atoms with Crippen LogP contribution in [0.2, 0.25) is 0 Å². The van der Waals surface area contributed by atoms with Crippen molar-refractivity contribution >= 4 is 33.0 Å². The third kappa shape index (κ3) is 3.98. The van der Waals surface area contributed by atoms with Gasteiger partial charge in [0.1, 0.15) is 0 Å². The van der Waals surface area contributed by atoms with Crippen molar-refractivity contribution in [3.8, 4) is 0 Å². The molecule has 1 aromatic carbocycles. The molecule has 0 atom stereocenters. The van der Waals surface area contributed by atoms with E-state index in [2.05, 4.69) is 11.9 Å². The topological polar surface area (TPSA) is 29.4 Å². The van der Waals surface area contributed by atoms with Crippen molar-refractivity contribution in [3.63, 3.8) is 0 Å². The highest BCUT2D eigenvalue weighted by atomic mass is 33.1. The van der Waals surface area contributed by atoms with E-state index in [0.717, 1.165) is 5.75 Å². The zero-order valence-electron chi connectivity index (χ0n) is 7.84. The molecule has 2 nitrogen and oxygen atoms in total. The van der Waals surface area contributed by atoms with Crippen LogP contribution >= 0.6 is 21.6 Å². The molecule has 0 spiro atoms. The van der Waals surface area contributed by atoms with Crippen LogP contribution in [0, 0.1) is 0 Å². The molecule has 0 heterocycles. The lowest BCUT2D eigenvalue weighted by atomic mass is 10.2. The SMILES string of the molecule is CCSSC=NC(=O)c1ccccc1. The fourth-order valence-corrected chi connectivity index (χ4v) is 1.88. The van der Waals surface area contributed by atoms with Crippen molar-refractivity contribution in [2.24, 2.45) is 4.99 Å². The molecular formula is C10H11NOS2. The number of benzene rings is 1. The predicted octanol–water partition coefficient (Wildman–Crippen LogP) is 3.26. The molecule has 1 rings (SSSR count). The highest BCUT2D eigenvalue weighted by Crippen LogP contribution is 2.17. The molecule has 0 fully saturated rings. The Balaban J connectivity index is 2.47. The molecule has 4 heteroatoms. The molecule has 0 saturated heterocycles. The lowest BCUT2D eigenvalue weighted by molar-refractivity contribution is 0.100. The molecule has 1 amide bonds. The number of carbonyl (C=O) groups excluding carboxylic acids is 1. The summed E-state index contributed by atoms with van der Waals surface area (Å²) < 4.78 is 0. The van der Waals surface area contributed by atoms with Crippen molar-refractivity contribution < 1.29 is 4.79 Å². The Hall–Kier alpha value is -0.740. The van der Waals surface area contributed by atoms with Crippen LogP contribution in [0.4, 0.5) is 0 Å². The largest absolute Gasteiger partial charge is 0.277 e. The van der Waals surface area contributed by atoms with Gasteiger partial charge in [-0.15, -0.1) is 0 Å². The minimum atomic E-state index is -0.185. The van der Waals surface area contributed by atoms with E-state index in [4.69, 9.17) is 0 Å². The van der Waals surface area contributed by atoms with Gasteiger partial charge in [-0.2, -0.15) is 0 Å². The molecule has 1 aromatic rings. The van der Waals surface area contributed by atoms with Crippen LogP contribution in [0.15, 0.2) is 35.3 Å². The summed E-state index contributed by atoms with van der Waals surface area (Å²) in [6, 6.07) is 9.06. The van der Waals surface area contributed by atoms with Gasteiger partial charge in [0.25, 0.3) is 5.91 Å². The van der Waals surface area contributed by atoms with E-state index in [1.165, 1.54) is 10.8 Å². The van der Waals surface area contributed by atoms with E-state index >= 15 is 0 Å². The van der Waals surface area contributed by atoms with Crippen molar-refractivity contribution in [1.82, 2.24) is 0 Å². The first-order valence-corrected chi connectivity index (χ1v) is 6.63. The van der Waals surface area contributed by atoms with Crippen molar-refractivity contribution in [2.75, 3.05) is 5.75 Å². The Kier molecular flexibility index (Phi) is 5.40. The van der Waals surface area contributed by atoms with Gasteiger partial charge in [0.05, 0.1) is 5.55 Å². The van der Waals surface area contributed by atoms with Crippen molar-refractivity contribution in [2.45, 2.75) is 6.92 Å². The molecule has 0 aliphatic heterocycles. The first-order valence-electron chi connectivity index (χ1n) is 4.24. The lowest BCUT2D eigenvalue weighted by Gasteiger charge is -1.92. The van der Waals surface area contributed by atoms with Crippen molar-refractivity contribution in [1.29, 1.82) is 0 Å². The molecule has 14 heavy (non-hydrogen) atoms. The van der Waals surface area contributed by atoms with Crippen LogP contribution in [0.25, 0.3) is 0 Å². The molecule has 0 unspecified atom stereocenters. The normalized spacial score (nSPS) is 10.6. The van der Waals surface area contributed by atoms with Gasteiger partial charge in [0, 0.05) is 11.3 Å². The highest BCUT2D eigenvalue weighted by molar-refractivity contribution is 8.81. The monoisotopic (exact) mass is 225 g/mol.